The van der Waals surface area contributed by atoms with Crippen LogP contribution >= 0.6 is 11.6 Å². The minimum atomic E-state index is -0.604. The molecule has 29 heavy (non-hydrogen) atoms. The van der Waals surface area contributed by atoms with Crippen LogP contribution in [0.1, 0.15) is 62.2 Å². The van der Waals surface area contributed by atoms with E-state index in [1.54, 1.807) is 4.90 Å². The molecule has 0 radical (unpaired) electrons. The monoisotopic (exact) mass is 413 g/mol. The predicted octanol–water partition coefficient (Wildman–Crippen LogP) is 4.45. The fourth-order valence-electron chi connectivity index (χ4n) is 4.48. The number of halogens is 1. The fourth-order valence-corrected chi connectivity index (χ4v) is 4.61. The zero-order valence-corrected chi connectivity index (χ0v) is 17.4. The van der Waals surface area contributed by atoms with Crippen molar-refractivity contribution in [2.24, 2.45) is 0 Å². The molecule has 1 N–H and O–H groups in total. The van der Waals surface area contributed by atoms with Crippen molar-refractivity contribution in [3.8, 4) is 0 Å². The van der Waals surface area contributed by atoms with Crippen molar-refractivity contribution in [2.75, 3.05) is 0 Å². The highest BCUT2D eigenvalue weighted by atomic mass is 35.5. The van der Waals surface area contributed by atoms with Gasteiger partial charge in [0.1, 0.15) is 6.54 Å². The maximum Gasteiger partial charge on any atom is 0.249 e. The summed E-state index contributed by atoms with van der Waals surface area (Å²) in [6.07, 6.45) is 9.98. The van der Waals surface area contributed by atoms with Gasteiger partial charge in [0.15, 0.2) is 6.04 Å². The van der Waals surface area contributed by atoms with Gasteiger partial charge in [-0.15, -0.1) is 0 Å². The Hall–Kier alpha value is -2.27. The zero-order valence-electron chi connectivity index (χ0n) is 16.6. The molecule has 0 spiro atoms. The van der Waals surface area contributed by atoms with Crippen molar-refractivity contribution in [1.29, 1.82) is 0 Å². The molecule has 1 aliphatic heterocycles. The first-order chi connectivity index (χ1) is 14.1. The van der Waals surface area contributed by atoms with Gasteiger partial charge in [0.2, 0.25) is 11.8 Å². The van der Waals surface area contributed by atoms with Crippen LogP contribution in [0.3, 0.4) is 0 Å². The topological polar surface area (TPSA) is 54.3 Å². The molecule has 0 bridgehead atoms. The minimum absolute atomic E-state index is 0.0403. The highest BCUT2D eigenvalue weighted by Crippen LogP contribution is 2.30. The second-order valence-electron chi connectivity index (χ2n) is 8.16. The molecular weight excluding hydrogens is 386 g/mol. The molecule has 1 saturated carbocycles. The second kappa shape index (κ2) is 9.04. The predicted molar refractivity (Wildman–Crippen MR) is 113 cm³/mol. The molecule has 6 heteroatoms. The lowest BCUT2D eigenvalue weighted by Crippen LogP contribution is -2.50. The average Bonchev–Trinajstić information content (AvgIpc) is 3.13. The van der Waals surface area contributed by atoms with E-state index in [1.807, 2.05) is 47.2 Å². The van der Waals surface area contributed by atoms with Gasteiger partial charge in [0.25, 0.3) is 0 Å². The van der Waals surface area contributed by atoms with Crippen LogP contribution in [0.5, 0.6) is 0 Å². The Morgan fingerprint density at radius 3 is 2.45 bits per heavy atom. The number of fused-ring (bicyclic) bond motifs is 1. The molecule has 0 unspecified atom stereocenters. The SMILES string of the molecule is O=C(NC1CCCCCCC1)[C@H]1c2cccn2CC(=O)N1Cc1ccc(Cl)cc1. The number of aromatic nitrogens is 1. The van der Waals surface area contributed by atoms with Crippen LogP contribution in [0.4, 0.5) is 0 Å². The number of nitrogens with one attached hydrogen (secondary N) is 1. The van der Waals surface area contributed by atoms with Crippen LogP contribution in [0.2, 0.25) is 5.02 Å². The number of hydrogen-bond acceptors (Lipinski definition) is 2. The van der Waals surface area contributed by atoms with E-state index in [2.05, 4.69) is 5.32 Å². The Bertz CT molecular complexity index is 853. The molecule has 154 valence electrons. The molecule has 1 fully saturated rings. The summed E-state index contributed by atoms with van der Waals surface area (Å²) in [6, 6.07) is 10.9. The summed E-state index contributed by atoms with van der Waals surface area (Å²) in [5.41, 5.74) is 1.84. The van der Waals surface area contributed by atoms with Gasteiger partial charge < -0.3 is 14.8 Å². The van der Waals surface area contributed by atoms with E-state index in [1.165, 1.54) is 19.3 Å². The molecule has 1 aromatic heterocycles. The summed E-state index contributed by atoms with van der Waals surface area (Å²) < 4.78 is 1.89. The summed E-state index contributed by atoms with van der Waals surface area (Å²) in [5, 5.41) is 3.92. The molecule has 2 aromatic rings. The first kappa shape index (κ1) is 20.0. The lowest BCUT2D eigenvalue weighted by atomic mass is 9.96. The van der Waals surface area contributed by atoms with Crippen LogP contribution < -0.4 is 5.32 Å². The van der Waals surface area contributed by atoms with Gasteiger partial charge in [0, 0.05) is 23.8 Å². The van der Waals surface area contributed by atoms with Gasteiger partial charge in [-0.1, -0.05) is 55.8 Å². The molecule has 5 nitrogen and oxygen atoms in total. The first-order valence-electron chi connectivity index (χ1n) is 10.6. The zero-order chi connectivity index (χ0) is 20.2. The molecule has 1 atom stereocenters. The molecule has 2 aliphatic rings. The normalized spacial score (nSPS) is 20.7. The van der Waals surface area contributed by atoms with Crippen LogP contribution in [0.15, 0.2) is 42.6 Å². The Kier molecular flexibility index (Phi) is 6.24. The number of carbonyl (C=O) groups excluding carboxylic acids is 2. The number of nitrogens with zero attached hydrogens (tertiary/aromatic N) is 2. The summed E-state index contributed by atoms with van der Waals surface area (Å²) >= 11 is 6.00. The number of benzene rings is 1. The molecule has 1 aliphatic carbocycles. The summed E-state index contributed by atoms with van der Waals surface area (Å²) in [5.74, 6) is -0.112. The number of hydrogen-bond donors (Lipinski definition) is 1. The molecule has 1 aromatic carbocycles. The number of carbonyl (C=O) groups is 2. The van der Waals surface area contributed by atoms with Crippen molar-refractivity contribution in [3.63, 3.8) is 0 Å². The van der Waals surface area contributed by atoms with Crippen molar-refractivity contribution in [3.05, 3.63) is 58.9 Å². The lowest BCUT2D eigenvalue weighted by Gasteiger charge is -2.37. The van der Waals surface area contributed by atoms with E-state index in [-0.39, 0.29) is 24.4 Å². The maximum atomic E-state index is 13.4. The van der Waals surface area contributed by atoms with Crippen LogP contribution in [0, 0.1) is 0 Å². The van der Waals surface area contributed by atoms with Crippen molar-refractivity contribution < 1.29 is 9.59 Å². The molecule has 0 saturated heterocycles. The van der Waals surface area contributed by atoms with Gasteiger partial charge >= 0.3 is 0 Å². The number of amides is 2. The summed E-state index contributed by atoms with van der Waals surface area (Å²) in [7, 11) is 0. The van der Waals surface area contributed by atoms with Gasteiger partial charge in [-0.3, -0.25) is 9.59 Å². The molecule has 4 rings (SSSR count). The Morgan fingerprint density at radius 1 is 1.03 bits per heavy atom. The summed E-state index contributed by atoms with van der Waals surface area (Å²) in [4.78, 5) is 28.0. The van der Waals surface area contributed by atoms with E-state index >= 15 is 0 Å². The molecule has 2 heterocycles. The Morgan fingerprint density at radius 2 is 1.72 bits per heavy atom. The Labute approximate surface area is 177 Å². The number of rotatable bonds is 4. The summed E-state index contributed by atoms with van der Waals surface area (Å²) in [6.45, 7) is 0.660. The molecule has 2 amide bonds. The average molecular weight is 414 g/mol. The standard InChI is InChI=1S/C23H28ClN3O2/c24-18-12-10-17(11-13-18)15-27-21(28)16-26-14-6-9-20(26)22(27)23(29)25-19-7-4-2-1-3-5-8-19/h6,9-14,19,22H,1-5,7-8,15-16H2,(H,25,29)/t22-/m1/s1. The van der Waals surface area contributed by atoms with Crippen molar-refractivity contribution >= 4 is 23.4 Å². The fraction of sp³-hybridized carbons (Fsp3) is 0.478. The van der Waals surface area contributed by atoms with E-state index in [0.29, 0.717) is 11.6 Å². The van der Waals surface area contributed by atoms with E-state index in [9.17, 15) is 9.59 Å². The van der Waals surface area contributed by atoms with Gasteiger partial charge in [0.05, 0.1) is 5.69 Å². The lowest BCUT2D eigenvalue weighted by molar-refractivity contribution is -0.144. The van der Waals surface area contributed by atoms with Gasteiger partial charge in [-0.25, -0.2) is 0 Å². The minimum Gasteiger partial charge on any atom is -0.351 e. The maximum absolute atomic E-state index is 13.4. The Balaban J connectivity index is 1.56. The van der Waals surface area contributed by atoms with Crippen LogP contribution in [-0.2, 0) is 22.7 Å². The van der Waals surface area contributed by atoms with Crippen LogP contribution in [-0.4, -0.2) is 27.3 Å². The van der Waals surface area contributed by atoms with Crippen LogP contribution in [0.25, 0.3) is 0 Å². The van der Waals surface area contributed by atoms with Crippen molar-refractivity contribution in [2.45, 2.75) is 70.1 Å². The van der Waals surface area contributed by atoms with Gasteiger partial charge in [-0.2, -0.15) is 0 Å². The third-order valence-corrected chi connectivity index (χ3v) is 6.30. The third kappa shape index (κ3) is 4.67. The van der Waals surface area contributed by atoms with E-state index in [0.717, 1.165) is 36.9 Å². The molecular formula is C23H28ClN3O2. The van der Waals surface area contributed by atoms with E-state index < -0.39 is 6.04 Å². The van der Waals surface area contributed by atoms with Crippen molar-refractivity contribution in [1.82, 2.24) is 14.8 Å². The smallest absolute Gasteiger partial charge is 0.249 e. The second-order valence-corrected chi connectivity index (χ2v) is 8.60. The van der Waals surface area contributed by atoms with E-state index in [4.69, 9.17) is 11.6 Å². The third-order valence-electron chi connectivity index (χ3n) is 6.05. The quantitative estimate of drug-likeness (QED) is 0.804. The largest absolute Gasteiger partial charge is 0.351 e. The highest BCUT2D eigenvalue weighted by molar-refractivity contribution is 6.30. The highest BCUT2D eigenvalue weighted by Gasteiger charge is 2.38. The first-order valence-corrected chi connectivity index (χ1v) is 11.0. The van der Waals surface area contributed by atoms with Gasteiger partial charge in [-0.05, 0) is 42.7 Å².